The Morgan fingerprint density at radius 2 is 2.15 bits per heavy atom. The Kier molecular flexibility index (Phi) is 3.27. The standard InChI is InChI=1S/C7H14N2O3S/c1-2-13(11,12)9-5-3-7(10)8-4-6-9/h2-6H2,1H3,(H,8,10). The Morgan fingerprint density at radius 1 is 1.46 bits per heavy atom. The zero-order chi connectivity index (χ0) is 9.90. The van der Waals surface area contributed by atoms with Crippen LogP contribution in [0.15, 0.2) is 0 Å². The van der Waals surface area contributed by atoms with E-state index in [-0.39, 0.29) is 18.1 Å². The summed E-state index contributed by atoms with van der Waals surface area (Å²) in [6, 6.07) is 0. The molecular formula is C7H14N2O3S. The number of carbonyl (C=O) groups excluding carboxylic acids is 1. The Morgan fingerprint density at radius 3 is 2.77 bits per heavy atom. The van der Waals surface area contributed by atoms with E-state index in [0.717, 1.165) is 0 Å². The van der Waals surface area contributed by atoms with Crippen molar-refractivity contribution >= 4 is 15.9 Å². The highest BCUT2D eigenvalue weighted by atomic mass is 32.2. The lowest BCUT2D eigenvalue weighted by Crippen LogP contribution is -2.35. The fraction of sp³-hybridized carbons (Fsp3) is 0.857. The van der Waals surface area contributed by atoms with E-state index in [0.29, 0.717) is 19.6 Å². The Bertz CT molecular complexity index is 286. The Labute approximate surface area is 78.2 Å². The molecule has 1 aliphatic rings. The van der Waals surface area contributed by atoms with Crippen LogP contribution >= 0.6 is 0 Å². The van der Waals surface area contributed by atoms with E-state index in [2.05, 4.69) is 5.32 Å². The molecule has 5 nitrogen and oxygen atoms in total. The average Bonchev–Trinajstić information content (AvgIpc) is 2.30. The first-order valence-electron chi connectivity index (χ1n) is 4.31. The highest BCUT2D eigenvalue weighted by Crippen LogP contribution is 2.04. The van der Waals surface area contributed by atoms with Gasteiger partial charge in [0.15, 0.2) is 0 Å². The largest absolute Gasteiger partial charge is 0.355 e. The second kappa shape index (κ2) is 4.06. The molecule has 1 N–H and O–H groups in total. The number of amides is 1. The van der Waals surface area contributed by atoms with E-state index in [1.54, 1.807) is 6.92 Å². The van der Waals surface area contributed by atoms with Gasteiger partial charge in [0.25, 0.3) is 0 Å². The van der Waals surface area contributed by atoms with Crippen LogP contribution in [0, 0.1) is 0 Å². The quantitative estimate of drug-likeness (QED) is 0.640. The van der Waals surface area contributed by atoms with Crippen molar-refractivity contribution in [1.82, 2.24) is 9.62 Å². The van der Waals surface area contributed by atoms with Gasteiger partial charge in [-0.05, 0) is 6.92 Å². The van der Waals surface area contributed by atoms with Gasteiger partial charge < -0.3 is 5.32 Å². The highest BCUT2D eigenvalue weighted by molar-refractivity contribution is 7.89. The molecule has 13 heavy (non-hydrogen) atoms. The summed E-state index contributed by atoms with van der Waals surface area (Å²) < 4.78 is 24.2. The van der Waals surface area contributed by atoms with Crippen molar-refractivity contribution in [3.63, 3.8) is 0 Å². The number of sulfonamides is 1. The first-order chi connectivity index (χ1) is 6.06. The Balaban J connectivity index is 2.67. The van der Waals surface area contributed by atoms with Gasteiger partial charge in [0.05, 0.1) is 5.75 Å². The van der Waals surface area contributed by atoms with Crippen LogP contribution in [0.4, 0.5) is 0 Å². The second-order valence-corrected chi connectivity index (χ2v) is 5.16. The number of nitrogens with one attached hydrogen (secondary N) is 1. The van der Waals surface area contributed by atoms with Crippen molar-refractivity contribution in [3.8, 4) is 0 Å². The second-order valence-electron chi connectivity index (χ2n) is 2.90. The summed E-state index contributed by atoms with van der Waals surface area (Å²) in [5.41, 5.74) is 0. The van der Waals surface area contributed by atoms with E-state index >= 15 is 0 Å². The minimum absolute atomic E-state index is 0.0752. The minimum atomic E-state index is -3.13. The summed E-state index contributed by atoms with van der Waals surface area (Å²) in [5.74, 6) is 0.0232. The van der Waals surface area contributed by atoms with E-state index in [1.165, 1.54) is 4.31 Å². The van der Waals surface area contributed by atoms with Crippen molar-refractivity contribution in [2.75, 3.05) is 25.4 Å². The van der Waals surface area contributed by atoms with Crippen LogP contribution in [0.2, 0.25) is 0 Å². The summed E-state index contributed by atoms with van der Waals surface area (Å²) in [5, 5.41) is 2.63. The maximum Gasteiger partial charge on any atom is 0.221 e. The van der Waals surface area contributed by atoms with E-state index in [1.807, 2.05) is 0 Å². The predicted molar refractivity (Wildman–Crippen MR) is 48.7 cm³/mol. The zero-order valence-electron chi connectivity index (χ0n) is 7.62. The molecule has 0 saturated carbocycles. The third kappa shape index (κ3) is 2.67. The molecule has 0 atom stereocenters. The highest BCUT2D eigenvalue weighted by Gasteiger charge is 2.22. The van der Waals surface area contributed by atoms with Crippen molar-refractivity contribution in [2.24, 2.45) is 0 Å². The molecule has 76 valence electrons. The topological polar surface area (TPSA) is 66.5 Å². The van der Waals surface area contributed by atoms with Crippen LogP contribution in [-0.2, 0) is 14.8 Å². The maximum atomic E-state index is 11.4. The average molecular weight is 206 g/mol. The van der Waals surface area contributed by atoms with E-state index in [9.17, 15) is 13.2 Å². The zero-order valence-corrected chi connectivity index (χ0v) is 8.43. The molecule has 0 aromatic carbocycles. The number of hydrogen-bond acceptors (Lipinski definition) is 3. The van der Waals surface area contributed by atoms with Gasteiger partial charge in [-0.2, -0.15) is 4.31 Å². The van der Waals surface area contributed by atoms with Crippen molar-refractivity contribution in [2.45, 2.75) is 13.3 Å². The van der Waals surface area contributed by atoms with Gasteiger partial charge in [-0.1, -0.05) is 0 Å². The van der Waals surface area contributed by atoms with Gasteiger partial charge >= 0.3 is 0 Å². The smallest absolute Gasteiger partial charge is 0.221 e. The molecule has 1 amide bonds. The Hall–Kier alpha value is -0.620. The summed E-state index contributed by atoms with van der Waals surface area (Å²) in [6.07, 6.45) is 0.263. The van der Waals surface area contributed by atoms with Gasteiger partial charge in [0.2, 0.25) is 15.9 Å². The molecule has 0 bridgehead atoms. The molecule has 0 aromatic rings. The van der Waals surface area contributed by atoms with Gasteiger partial charge in [0, 0.05) is 26.1 Å². The lowest BCUT2D eigenvalue weighted by atomic mass is 10.4. The number of nitrogens with zero attached hydrogens (tertiary/aromatic N) is 1. The molecule has 1 saturated heterocycles. The predicted octanol–water partition coefficient (Wildman–Crippen LogP) is -0.842. The lowest BCUT2D eigenvalue weighted by Gasteiger charge is -2.17. The molecule has 0 unspecified atom stereocenters. The van der Waals surface area contributed by atoms with E-state index in [4.69, 9.17) is 0 Å². The van der Waals surface area contributed by atoms with Crippen LogP contribution in [0.25, 0.3) is 0 Å². The molecule has 0 aromatic heterocycles. The van der Waals surface area contributed by atoms with Crippen molar-refractivity contribution in [1.29, 1.82) is 0 Å². The summed E-state index contributed by atoms with van der Waals surface area (Å²) in [4.78, 5) is 10.9. The summed E-state index contributed by atoms with van der Waals surface area (Å²) >= 11 is 0. The lowest BCUT2D eigenvalue weighted by molar-refractivity contribution is -0.120. The molecule has 1 rings (SSSR count). The third-order valence-electron chi connectivity index (χ3n) is 2.03. The molecule has 1 aliphatic heterocycles. The summed E-state index contributed by atoms with van der Waals surface area (Å²) in [7, 11) is -3.13. The van der Waals surface area contributed by atoms with Gasteiger partial charge in [0.1, 0.15) is 0 Å². The van der Waals surface area contributed by atoms with Gasteiger partial charge in [-0.3, -0.25) is 4.79 Å². The van der Waals surface area contributed by atoms with Gasteiger partial charge in [-0.15, -0.1) is 0 Å². The fourth-order valence-corrected chi connectivity index (χ4v) is 2.31. The van der Waals surface area contributed by atoms with Crippen LogP contribution in [0.1, 0.15) is 13.3 Å². The van der Waals surface area contributed by atoms with Crippen molar-refractivity contribution < 1.29 is 13.2 Å². The number of rotatable bonds is 2. The van der Waals surface area contributed by atoms with Crippen LogP contribution in [0.5, 0.6) is 0 Å². The van der Waals surface area contributed by atoms with E-state index < -0.39 is 10.0 Å². The normalized spacial score (nSPS) is 20.8. The van der Waals surface area contributed by atoms with Crippen LogP contribution in [-0.4, -0.2) is 44.0 Å². The first kappa shape index (κ1) is 10.5. The number of carbonyl (C=O) groups is 1. The van der Waals surface area contributed by atoms with Gasteiger partial charge in [-0.25, -0.2) is 8.42 Å². The molecule has 1 fully saturated rings. The molecule has 0 aliphatic carbocycles. The first-order valence-corrected chi connectivity index (χ1v) is 5.91. The van der Waals surface area contributed by atoms with Crippen molar-refractivity contribution in [3.05, 3.63) is 0 Å². The fourth-order valence-electron chi connectivity index (χ4n) is 1.21. The van der Waals surface area contributed by atoms with Crippen LogP contribution < -0.4 is 5.32 Å². The summed E-state index contributed by atoms with van der Waals surface area (Å²) in [6.45, 7) is 2.72. The molecule has 1 heterocycles. The molecule has 6 heteroatoms. The third-order valence-corrected chi connectivity index (χ3v) is 3.91. The maximum absolute atomic E-state index is 11.4. The molecule has 0 radical (unpaired) electrons. The molecular weight excluding hydrogens is 192 g/mol. The SMILES string of the molecule is CCS(=O)(=O)N1CCNC(=O)CC1. The van der Waals surface area contributed by atoms with Crippen LogP contribution in [0.3, 0.4) is 0 Å². The number of hydrogen-bond donors (Lipinski definition) is 1. The minimum Gasteiger partial charge on any atom is -0.355 e. The monoisotopic (exact) mass is 206 g/mol. The molecule has 0 spiro atoms.